The smallest absolute Gasteiger partial charge is 0.278 e. The van der Waals surface area contributed by atoms with Gasteiger partial charge in [0.25, 0.3) is 11.8 Å². The van der Waals surface area contributed by atoms with Gasteiger partial charge in [-0.25, -0.2) is 0 Å². The number of nitrogens with zero attached hydrogens (tertiary/aromatic N) is 1. The second-order valence-corrected chi connectivity index (χ2v) is 9.22. The van der Waals surface area contributed by atoms with Gasteiger partial charge in [-0.2, -0.15) is 0 Å². The van der Waals surface area contributed by atoms with E-state index < -0.39 is 0 Å². The van der Waals surface area contributed by atoms with Crippen molar-refractivity contribution in [3.63, 3.8) is 0 Å². The number of anilines is 1. The Hall–Kier alpha value is -3.02. The number of amides is 2. The van der Waals surface area contributed by atoms with Crippen LogP contribution in [0.2, 0.25) is 5.02 Å². The van der Waals surface area contributed by atoms with Crippen LogP contribution in [-0.4, -0.2) is 23.3 Å². The van der Waals surface area contributed by atoms with Crippen molar-refractivity contribution in [2.75, 3.05) is 11.9 Å². The number of carbonyl (C=O) groups excluding carboxylic acids is 2. The van der Waals surface area contributed by atoms with E-state index >= 15 is 0 Å². The van der Waals surface area contributed by atoms with E-state index in [1.165, 1.54) is 16.7 Å². The fourth-order valence-corrected chi connectivity index (χ4v) is 4.65. The van der Waals surface area contributed by atoms with Crippen LogP contribution < -0.4 is 5.32 Å². The summed E-state index contributed by atoms with van der Waals surface area (Å²) in [5.41, 5.74) is 4.16. The summed E-state index contributed by atoms with van der Waals surface area (Å²) in [6, 6.07) is 23.2. The Bertz CT molecular complexity index is 1190. The molecule has 162 valence electrons. The first kappa shape index (κ1) is 22.2. The van der Waals surface area contributed by atoms with E-state index in [4.69, 9.17) is 11.6 Å². The number of aryl methyl sites for hydroxylation is 2. The molecule has 0 saturated carbocycles. The third kappa shape index (κ3) is 4.90. The van der Waals surface area contributed by atoms with Crippen molar-refractivity contribution in [2.24, 2.45) is 0 Å². The van der Waals surface area contributed by atoms with Crippen LogP contribution in [0.5, 0.6) is 0 Å². The molecular weight excluding hydrogens is 440 g/mol. The van der Waals surface area contributed by atoms with Crippen LogP contribution in [0, 0.1) is 13.8 Å². The van der Waals surface area contributed by atoms with Gasteiger partial charge in [-0.1, -0.05) is 71.4 Å². The van der Waals surface area contributed by atoms with Gasteiger partial charge >= 0.3 is 0 Å². The van der Waals surface area contributed by atoms with E-state index in [9.17, 15) is 9.59 Å². The summed E-state index contributed by atoms with van der Waals surface area (Å²) in [5.74, 6) is -0.583. The number of hydrogen-bond donors (Lipinski definition) is 1. The van der Waals surface area contributed by atoms with Gasteiger partial charge in [0.15, 0.2) is 0 Å². The molecule has 2 amide bonds. The van der Waals surface area contributed by atoms with Crippen LogP contribution in [0.1, 0.15) is 16.7 Å². The monoisotopic (exact) mass is 462 g/mol. The zero-order chi connectivity index (χ0) is 22.7. The Morgan fingerprint density at radius 2 is 1.62 bits per heavy atom. The highest BCUT2D eigenvalue weighted by atomic mass is 35.5. The fraction of sp³-hybridized carbons (Fsp3) is 0.154. The Morgan fingerprint density at radius 1 is 0.906 bits per heavy atom. The molecule has 0 radical (unpaired) electrons. The molecule has 0 aromatic heterocycles. The molecule has 1 aliphatic rings. The summed E-state index contributed by atoms with van der Waals surface area (Å²) in [5, 5.41) is 3.83. The van der Waals surface area contributed by atoms with Gasteiger partial charge < -0.3 is 5.32 Å². The van der Waals surface area contributed by atoms with Crippen LogP contribution in [0.15, 0.2) is 88.3 Å². The van der Waals surface area contributed by atoms with Crippen molar-refractivity contribution in [3.05, 3.63) is 105 Å². The standard InChI is InChI=1S/C26H23ClN2O2S/c1-17-8-11-21(12-9-17)32-24-23(28-22-13-10-20(27)16-18(22)2)25(30)29(26(24)31)15-14-19-6-4-3-5-7-19/h3-13,16,28H,14-15H2,1-2H3. The van der Waals surface area contributed by atoms with Crippen molar-refractivity contribution >= 4 is 40.9 Å². The van der Waals surface area contributed by atoms with Crippen molar-refractivity contribution in [1.82, 2.24) is 4.90 Å². The normalized spacial score (nSPS) is 13.8. The number of imide groups is 1. The predicted octanol–water partition coefficient (Wildman–Crippen LogP) is 5.98. The van der Waals surface area contributed by atoms with E-state index in [-0.39, 0.29) is 11.8 Å². The fourth-order valence-electron chi connectivity index (χ4n) is 3.47. The zero-order valence-corrected chi connectivity index (χ0v) is 19.5. The number of nitrogens with one attached hydrogen (secondary N) is 1. The lowest BCUT2D eigenvalue weighted by Crippen LogP contribution is -2.34. The second kappa shape index (κ2) is 9.63. The van der Waals surface area contributed by atoms with E-state index in [2.05, 4.69) is 5.32 Å². The number of hydrogen-bond acceptors (Lipinski definition) is 4. The summed E-state index contributed by atoms with van der Waals surface area (Å²) in [7, 11) is 0. The molecule has 4 rings (SSSR count). The first-order valence-electron chi connectivity index (χ1n) is 10.3. The Morgan fingerprint density at radius 3 is 2.31 bits per heavy atom. The topological polar surface area (TPSA) is 49.4 Å². The number of benzene rings is 3. The summed E-state index contributed by atoms with van der Waals surface area (Å²) in [4.78, 5) is 29.3. The molecule has 0 bridgehead atoms. The first-order valence-corrected chi connectivity index (χ1v) is 11.5. The SMILES string of the molecule is Cc1ccc(SC2=C(Nc3ccc(Cl)cc3C)C(=O)N(CCc3ccccc3)C2=O)cc1. The quantitative estimate of drug-likeness (QED) is 0.438. The van der Waals surface area contributed by atoms with Crippen LogP contribution >= 0.6 is 23.4 Å². The summed E-state index contributed by atoms with van der Waals surface area (Å²) in [6.07, 6.45) is 0.605. The number of rotatable bonds is 7. The highest BCUT2D eigenvalue weighted by Gasteiger charge is 2.39. The summed E-state index contributed by atoms with van der Waals surface area (Å²) >= 11 is 7.40. The van der Waals surface area contributed by atoms with Crippen LogP contribution in [0.3, 0.4) is 0 Å². The maximum Gasteiger partial charge on any atom is 0.278 e. The third-order valence-corrected chi connectivity index (χ3v) is 6.61. The Kier molecular flexibility index (Phi) is 6.68. The minimum Gasteiger partial charge on any atom is -0.350 e. The minimum absolute atomic E-state index is 0.273. The van der Waals surface area contributed by atoms with E-state index in [1.54, 1.807) is 6.07 Å². The molecule has 1 N–H and O–H groups in total. The van der Waals surface area contributed by atoms with Gasteiger partial charge in [-0.3, -0.25) is 14.5 Å². The van der Waals surface area contributed by atoms with Crippen molar-refractivity contribution in [1.29, 1.82) is 0 Å². The van der Waals surface area contributed by atoms with Crippen molar-refractivity contribution < 1.29 is 9.59 Å². The molecule has 1 aliphatic heterocycles. The summed E-state index contributed by atoms with van der Waals surface area (Å²) < 4.78 is 0. The van der Waals surface area contributed by atoms with Gasteiger partial charge in [0.05, 0.1) is 0 Å². The lowest BCUT2D eigenvalue weighted by molar-refractivity contribution is -0.137. The molecule has 0 aliphatic carbocycles. The maximum atomic E-state index is 13.3. The van der Waals surface area contributed by atoms with E-state index in [0.717, 1.165) is 27.3 Å². The Balaban J connectivity index is 1.64. The van der Waals surface area contributed by atoms with Crippen LogP contribution in [0.25, 0.3) is 0 Å². The molecule has 0 unspecified atom stereocenters. The predicted molar refractivity (Wildman–Crippen MR) is 131 cm³/mol. The number of carbonyl (C=O) groups is 2. The molecule has 3 aromatic rings. The number of halogens is 1. The molecular formula is C26H23ClN2O2S. The molecule has 0 saturated heterocycles. The average Bonchev–Trinajstić information content (AvgIpc) is 3.00. The highest BCUT2D eigenvalue weighted by Crippen LogP contribution is 2.36. The molecule has 4 nitrogen and oxygen atoms in total. The van der Waals surface area contributed by atoms with Crippen molar-refractivity contribution in [3.8, 4) is 0 Å². The van der Waals surface area contributed by atoms with Gasteiger partial charge in [0.1, 0.15) is 10.6 Å². The molecule has 3 aromatic carbocycles. The number of thioether (sulfide) groups is 1. The van der Waals surface area contributed by atoms with Gasteiger partial charge in [0.2, 0.25) is 0 Å². The highest BCUT2D eigenvalue weighted by molar-refractivity contribution is 8.04. The minimum atomic E-state index is -0.310. The molecule has 32 heavy (non-hydrogen) atoms. The molecule has 0 fully saturated rings. The Labute approximate surface area is 197 Å². The van der Waals surface area contributed by atoms with Crippen LogP contribution in [0.4, 0.5) is 5.69 Å². The van der Waals surface area contributed by atoms with E-state index in [0.29, 0.717) is 28.6 Å². The molecule has 1 heterocycles. The first-order chi connectivity index (χ1) is 15.4. The van der Waals surface area contributed by atoms with Gasteiger partial charge in [0, 0.05) is 22.2 Å². The second-order valence-electron chi connectivity index (χ2n) is 7.70. The summed E-state index contributed by atoms with van der Waals surface area (Å²) in [6.45, 7) is 4.25. The van der Waals surface area contributed by atoms with Gasteiger partial charge in [-0.15, -0.1) is 0 Å². The lowest BCUT2D eigenvalue weighted by atomic mass is 10.1. The van der Waals surface area contributed by atoms with Gasteiger partial charge in [-0.05, 0) is 61.7 Å². The van der Waals surface area contributed by atoms with Crippen molar-refractivity contribution in [2.45, 2.75) is 25.2 Å². The maximum absolute atomic E-state index is 13.3. The molecule has 0 spiro atoms. The lowest BCUT2D eigenvalue weighted by Gasteiger charge is -2.15. The third-order valence-electron chi connectivity index (χ3n) is 5.28. The zero-order valence-electron chi connectivity index (χ0n) is 17.9. The van der Waals surface area contributed by atoms with Crippen LogP contribution in [-0.2, 0) is 16.0 Å². The average molecular weight is 463 g/mol. The molecule has 0 atom stereocenters. The largest absolute Gasteiger partial charge is 0.350 e. The molecule has 6 heteroatoms. The van der Waals surface area contributed by atoms with E-state index in [1.807, 2.05) is 80.6 Å².